The van der Waals surface area contributed by atoms with Gasteiger partial charge in [-0.1, -0.05) is 41.9 Å². The molecule has 8 heteroatoms. The average Bonchev–Trinajstić information content (AvgIpc) is 2.83. The molecule has 1 heterocycles. The van der Waals surface area contributed by atoms with E-state index in [0.717, 1.165) is 38.0 Å². The van der Waals surface area contributed by atoms with Crippen molar-refractivity contribution in [2.24, 2.45) is 5.92 Å². The van der Waals surface area contributed by atoms with Gasteiger partial charge in [-0.05, 0) is 68.8 Å². The number of ketones is 1. The van der Waals surface area contributed by atoms with Gasteiger partial charge in [0.15, 0.2) is 5.78 Å². The molecule has 1 saturated heterocycles. The van der Waals surface area contributed by atoms with E-state index in [1.165, 1.54) is 12.1 Å². The number of hydrogen-bond acceptors (Lipinski definition) is 6. The molecule has 0 aliphatic carbocycles. The van der Waals surface area contributed by atoms with E-state index in [-0.39, 0.29) is 29.0 Å². The van der Waals surface area contributed by atoms with Crippen LogP contribution in [-0.2, 0) is 14.3 Å². The maximum absolute atomic E-state index is 12.0. The summed E-state index contributed by atoms with van der Waals surface area (Å²) in [4.78, 5) is 36.2. The molecule has 1 aliphatic heterocycles. The van der Waals surface area contributed by atoms with Crippen molar-refractivity contribution in [3.8, 4) is 5.75 Å². The molecule has 2 N–H and O–H groups in total. The molecule has 0 unspecified atom stereocenters. The summed E-state index contributed by atoms with van der Waals surface area (Å²) in [5.74, 6) is -1.27. The fraction of sp³-hybridized carbons (Fsp3) is 0.346. The third-order valence-corrected chi connectivity index (χ3v) is 5.60. The van der Waals surface area contributed by atoms with Crippen LogP contribution in [0.15, 0.2) is 54.6 Å². The first-order valence-corrected chi connectivity index (χ1v) is 11.5. The van der Waals surface area contributed by atoms with Crippen molar-refractivity contribution in [1.82, 2.24) is 4.90 Å². The van der Waals surface area contributed by atoms with Crippen molar-refractivity contribution >= 4 is 35.4 Å². The van der Waals surface area contributed by atoms with Crippen LogP contribution >= 0.6 is 11.6 Å². The van der Waals surface area contributed by atoms with Gasteiger partial charge in [0, 0.05) is 18.0 Å². The van der Waals surface area contributed by atoms with Crippen LogP contribution < -0.4 is 0 Å². The zero-order valence-electron chi connectivity index (χ0n) is 19.2. The minimum absolute atomic E-state index is 0.0155. The van der Waals surface area contributed by atoms with Gasteiger partial charge in [-0.2, -0.15) is 0 Å². The fourth-order valence-electron chi connectivity index (χ4n) is 3.42. The number of phenols is 1. The Morgan fingerprint density at radius 3 is 2.29 bits per heavy atom. The normalized spacial score (nSPS) is 14.3. The molecule has 0 aromatic heterocycles. The number of nitrogens with zero attached hydrogens (tertiary/aromatic N) is 1. The lowest BCUT2D eigenvalue weighted by Gasteiger charge is -2.30. The van der Waals surface area contributed by atoms with Gasteiger partial charge in [-0.15, -0.1) is 0 Å². The number of benzene rings is 2. The molecule has 0 bridgehead atoms. The summed E-state index contributed by atoms with van der Waals surface area (Å²) in [6.45, 7) is 4.69. The monoisotopic (exact) mass is 487 g/mol. The summed E-state index contributed by atoms with van der Waals surface area (Å²) in [5.41, 5.74) is 0.894. The SMILES string of the molecule is CCOC(=O)C1CCN(CCC(=O)/C=C/c2ccc(Cl)cc2)CC1.O=C(O)c1ccccc1O. The predicted molar refractivity (Wildman–Crippen MR) is 131 cm³/mol. The van der Waals surface area contributed by atoms with Crippen LogP contribution in [0.5, 0.6) is 5.75 Å². The minimum Gasteiger partial charge on any atom is -0.507 e. The van der Waals surface area contributed by atoms with Gasteiger partial charge in [0.25, 0.3) is 0 Å². The molecule has 0 atom stereocenters. The number of carboxylic acids is 1. The molecule has 0 spiro atoms. The molecular weight excluding hydrogens is 458 g/mol. The Morgan fingerprint density at radius 1 is 1.09 bits per heavy atom. The number of likely N-dealkylation sites (tertiary alicyclic amines) is 1. The highest BCUT2D eigenvalue weighted by Crippen LogP contribution is 2.19. The largest absolute Gasteiger partial charge is 0.507 e. The maximum atomic E-state index is 12.0. The molecule has 2 aromatic rings. The Morgan fingerprint density at radius 2 is 1.74 bits per heavy atom. The quantitative estimate of drug-likeness (QED) is 0.411. The number of aromatic carboxylic acids is 1. The van der Waals surface area contributed by atoms with Crippen LogP contribution in [0, 0.1) is 5.92 Å². The average molecular weight is 488 g/mol. The van der Waals surface area contributed by atoms with Crippen molar-refractivity contribution in [3.05, 3.63) is 70.8 Å². The van der Waals surface area contributed by atoms with Crippen LogP contribution in [0.1, 0.15) is 42.1 Å². The van der Waals surface area contributed by atoms with Gasteiger partial charge in [0.2, 0.25) is 0 Å². The number of carbonyl (C=O) groups is 3. The van der Waals surface area contributed by atoms with Crippen molar-refractivity contribution < 1.29 is 29.3 Å². The van der Waals surface area contributed by atoms with E-state index in [2.05, 4.69) is 4.90 Å². The number of rotatable bonds is 8. The van der Waals surface area contributed by atoms with Crippen LogP contribution in [0.4, 0.5) is 0 Å². The second-order valence-electron chi connectivity index (χ2n) is 7.79. The molecule has 0 radical (unpaired) electrons. The summed E-state index contributed by atoms with van der Waals surface area (Å²) in [5, 5.41) is 18.0. The number of esters is 1. The lowest BCUT2D eigenvalue weighted by Crippen LogP contribution is -2.37. The zero-order valence-corrected chi connectivity index (χ0v) is 19.9. The van der Waals surface area contributed by atoms with Gasteiger partial charge in [-0.3, -0.25) is 9.59 Å². The van der Waals surface area contributed by atoms with Crippen molar-refractivity contribution in [3.63, 3.8) is 0 Å². The van der Waals surface area contributed by atoms with Crippen LogP contribution in [0.25, 0.3) is 6.08 Å². The number of aromatic hydroxyl groups is 1. The molecule has 3 rings (SSSR count). The number of ether oxygens (including phenoxy) is 1. The van der Waals surface area contributed by atoms with Gasteiger partial charge >= 0.3 is 11.9 Å². The number of carbonyl (C=O) groups excluding carboxylic acids is 2. The second kappa shape index (κ2) is 14.2. The summed E-state index contributed by atoms with van der Waals surface area (Å²) in [6, 6.07) is 13.2. The molecule has 182 valence electrons. The molecule has 2 aromatic carbocycles. The van der Waals surface area contributed by atoms with E-state index >= 15 is 0 Å². The highest BCUT2D eigenvalue weighted by atomic mass is 35.5. The first kappa shape index (κ1) is 27.1. The highest BCUT2D eigenvalue weighted by Gasteiger charge is 2.25. The molecule has 1 aliphatic rings. The summed E-state index contributed by atoms with van der Waals surface area (Å²) < 4.78 is 5.07. The number of piperidine rings is 1. The van der Waals surface area contributed by atoms with Crippen molar-refractivity contribution in [2.45, 2.75) is 26.2 Å². The number of hydrogen-bond donors (Lipinski definition) is 2. The van der Waals surface area contributed by atoms with E-state index < -0.39 is 5.97 Å². The van der Waals surface area contributed by atoms with Crippen LogP contribution in [0.3, 0.4) is 0 Å². The molecule has 34 heavy (non-hydrogen) atoms. The van der Waals surface area contributed by atoms with Gasteiger partial charge < -0.3 is 19.8 Å². The molecule has 1 fully saturated rings. The second-order valence-corrected chi connectivity index (χ2v) is 8.23. The lowest BCUT2D eigenvalue weighted by atomic mass is 9.97. The molecular formula is C26H30ClNO6. The Hall–Kier alpha value is -3.16. The zero-order chi connectivity index (χ0) is 24.9. The minimum atomic E-state index is -1.11. The van der Waals surface area contributed by atoms with Gasteiger partial charge in [0.05, 0.1) is 12.5 Å². The summed E-state index contributed by atoms with van der Waals surface area (Å²) >= 11 is 5.83. The summed E-state index contributed by atoms with van der Waals surface area (Å²) in [6.07, 6.45) is 5.55. The lowest BCUT2D eigenvalue weighted by molar-refractivity contribution is -0.149. The number of carboxylic acid groups (broad SMARTS) is 1. The Labute approximate surface area is 204 Å². The van der Waals surface area contributed by atoms with Gasteiger partial charge in [-0.25, -0.2) is 4.79 Å². The van der Waals surface area contributed by atoms with E-state index in [4.69, 9.17) is 26.6 Å². The Kier molecular flexibility index (Phi) is 11.3. The molecule has 7 nitrogen and oxygen atoms in total. The van der Waals surface area contributed by atoms with Crippen LogP contribution in [0.2, 0.25) is 5.02 Å². The Balaban J connectivity index is 0.000000340. The number of allylic oxidation sites excluding steroid dienone is 1. The number of halogens is 1. The highest BCUT2D eigenvalue weighted by molar-refractivity contribution is 6.30. The van der Waals surface area contributed by atoms with Gasteiger partial charge in [0.1, 0.15) is 11.3 Å². The summed E-state index contributed by atoms with van der Waals surface area (Å²) in [7, 11) is 0. The Bertz CT molecular complexity index is 981. The van der Waals surface area contributed by atoms with Crippen molar-refractivity contribution in [1.29, 1.82) is 0 Å². The predicted octanol–water partition coefficient (Wildman–Crippen LogP) is 4.68. The molecule has 0 amide bonds. The van der Waals surface area contributed by atoms with E-state index in [1.54, 1.807) is 30.3 Å². The van der Waals surface area contributed by atoms with Crippen molar-refractivity contribution in [2.75, 3.05) is 26.2 Å². The number of para-hydroxylation sites is 1. The van der Waals surface area contributed by atoms with E-state index in [1.807, 2.05) is 25.1 Å². The van der Waals surface area contributed by atoms with E-state index in [9.17, 15) is 14.4 Å². The molecule has 0 saturated carbocycles. The fourth-order valence-corrected chi connectivity index (χ4v) is 3.55. The maximum Gasteiger partial charge on any atom is 0.339 e. The standard InChI is InChI=1S/C19H24ClNO3.C7H6O3/c1-2-24-19(23)16-9-12-21(13-10-16)14-11-18(22)8-5-15-3-6-17(20)7-4-15;8-6-4-2-1-3-5(6)7(9)10/h3-8,16H,2,9-14H2,1H3;1-4,8H,(H,9,10)/b8-5+;. The first-order chi connectivity index (χ1) is 16.3. The smallest absolute Gasteiger partial charge is 0.339 e. The third-order valence-electron chi connectivity index (χ3n) is 5.35. The van der Waals surface area contributed by atoms with Crippen LogP contribution in [-0.4, -0.2) is 59.1 Å². The van der Waals surface area contributed by atoms with E-state index in [0.29, 0.717) is 18.1 Å². The third kappa shape index (κ3) is 9.37. The topological polar surface area (TPSA) is 104 Å². The first-order valence-electron chi connectivity index (χ1n) is 11.2.